The average molecular weight is 351 g/mol. The lowest BCUT2D eigenvalue weighted by Crippen LogP contribution is -2.03. The molecule has 0 aliphatic carbocycles. The molecule has 4 nitrogen and oxygen atoms in total. The van der Waals surface area contributed by atoms with Gasteiger partial charge in [-0.25, -0.2) is 9.97 Å². The van der Waals surface area contributed by atoms with Gasteiger partial charge < -0.3 is 5.73 Å². The molecule has 2 N–H and O–H groups in total. The van der Waals surface area contributed by atoms with Gasteiger partial charge >= 0.3 is 0 Å². The van der Waals surface area contributed by atoms with Crippen molar-refractivity contribution in [1.29, 1.82) is 5.26 Å². The van der Waals surface area contributed by atoms with Crippen LogP contribution in [0.25, 0.3) is 22.5 Å². The summed E-state index contributed by atoms with van der Waals surface area (Å²) in [6.45, 7) is 0. The number of benzene rings is 2. The van der Waals surface area contributed by atoms with Crippen molar-refractivity contribution in [3.8, 4) is 28.6 Å². The summed E-state index contributed by atoms with van der Waals surface area (Å²) in [5, 5.41) is 9.16. The van der Waals surface area contributed by atoms with Crippen molar-refractivity contribution in [3.63, 3.8) is 0 Å². The van der Waals surface area contributed by atoms with Gasteiger partial charge in [0.1, 0.15) is 6.07 Å². The maximum absolute atomic E-state index is 9.16. The SMILES string of the molecule is N#Cc1nc(-c2ccc(Br)cc2)c(-c2ccccc2)nc1N. The predicted octanol–water partition coefficient (Wildman–Crippen LogP) is 4.03. The van der Waals surface area contributed by atoms with Crippen LogP contribution in [0.5, 0.6) is 0 Å². The fraction of sp³-hybridized carbons (Fsp3) is 0. The normalized spacial score (nSPS) is 10.2. The molecule has 1 aromatic heterocycles. The van der Waals surface area contributed by atoms with Gasteiger partial charge in [0.15, 0.2) is 11.5 Å². The monoisotopic (exact) mass is 350 g/mol. The summed E-state index contributed by atoms with van der Waals surface area (Å²) >= 11 is 3.41. The molecule has 5 heteroatoms. The van der Waals surface area contributed by atoms with E-state index in [1.807, 2.05) is 60.7 Å². The average Bonchev–Trinajstić information content (AvgIpc) is 2.56. The van der Waals surface area contributed by atoms with E-state index in [2.05, 4.69) is 25.9 Å². The molecule has 106 valence electrons. The van der Waals surface area contributed by atoms with E-state index in [1.165, 1.54) is 0 Å². The molecule has 0 unspecified atom stereocenters. The van der Waals surface area contributed by atoms with Gasteiger partial charge in [-0.15, -0.1) is 0 Å². The molecule has 0 aliphatic heterocycles. The van der Waals surface area contributed by atoms with Crippen LogP contribution >= 0.6 is 15.9 Å². The van der Waals surface area contributed by atoms with E-state index in [9.17, 15) is 0 Å². The van der Waals surface area contributed by atoms with Gasteiger partial charge in [-0.1, -0.05) is 58.4 Å². The fourth-order valence-electron chi connectivity index (χ4n) is 2.14. The Hall–Kier alpha value is -2.71. The van der Waals surface area contributed by atoms with Gasteiger partial charge in [0, 0.05) is 15.6 Å². The summed E-state index contributed by atoms with van der Waals surface area (Å²) in [4.78, 5) is 8.80. The van der Waals surface area contributed by atoms with Crippen LogP contribution in [0.1, 0.15) is 5.69 Å². The standard InChI is InChI=1S/C17H11BrN4/c18-13-8-6-12(7-9-13)15-16(11-4-2-1-3-5-11)22-17(20)14(10-19)21-15/h1-9H,(H2,20,22). The largest absolute Gasteiger partial charge is 0.381 e. The Kier molecular flexibility index (Phi) is 3.86. The molecule has 22 heavy (non-hydrogen) atoms. The van der Waals surface area contributed by atoms with Crippen LogP contribution < -0.4 is 5.73 Å². The molecule has 3 aromatic rings. The predicted molar refractivity (Wildman–Crippen MR) is 89.7 cm³/mol. The van der Waals surface area contributed by atoms with Crippen LogP contribution in [0.2, 0.25) is 0 Å². The zero-order chi connectivity index (χ0) is 15.5. The number of rotatable bonds is 2. The third-order valence-corrected chi connectivity index (χ3v) is 3.72. The first-order valence-corrected chi connectivity index (χ1v) is 7.37. The number of nitrogen functional groups attached to an aromatic ring is 1. The molecule has 0 radical (unpaired) electrons. The number of halogens is 1. The molecule has 1 heterocycles. The molecule has 0 saturated carbocycles. The number of hydrogen-bond donors (Lipinski definition) is 1. The Labute approximate surface area is 136 Å². The van der Waals surface area contributed by atoms with Gasteiger partial charge in [-0.2, -0.15) is 5.26 Å². The molecule has 0 fully saturated rings. The lowest BCUT2D eigenvalue weighted by Gasteiger charge is -2.10. The molecule has 0 aliphatic rings. The minimum atomic E-state index is 0.137. The van der Waals surface area contributed by atoms with Gasteiger partial charge in [0.2, 0.25) is 0 Å². The highest BCUT2D eigenvalue weighted by Gasteiger charge is 2.15. The summed E-state index contributed by atoms with van der Waals surface area (Å²) in [5.74, 6) is 0.141. The smallest absolute Gasteiger partial charge is 0.183 e. The Balaban J connectivity index is 2.27. The second-order valence-corrected chi connectivity index (χ2v) is 5.56. The van der Waals surface area contributed by atoms with E-state index in [0.29, 0.717) is 11.4 Å². The fourth-order valence-corrected chi connectivity index (χ4v) is 2.40. The summed E-state index contributed by atoms with van der Waals surface area (Å²) < 4.78 is 0.974. The maximum Gasteiger partial charge on any atom is 0.183 e. The van der Waals surface area contributed by atoms with E-state index in [4.69, 9.17) is 11.0 Å². The maximum atomic E-state index is 9.16. The van der Waals surface area contributed by atoms with Crippen molar-refractivity contribution < 1.29 is 0 Å². The van der Waals surface area contributed by atoms with E-state index >= 15 is 0 Å². The van der Waals surface area contributed by atoms with Crippen LogP contribution in [0.3, 0.4) is 0 Å². The van der Waals surface area contributed by atoms with Crippen LogP contribution in [0.15, 0.2) is 59.1 Å². The molecular weight excluding hydrogens is 340 g/mol. The van der Waals surface area contributed by atoms with E-state index < -0.39 is 0 Å². The van der Waals surface area contributed by atoms with Crippen molar-refractivity contribution in [3.05, 3.63) is 64.8 Å². The second kappa shape index (κ2) is 5.96. The summed E-state index contributed by atoms with van der Waals surface area (Å²) in [6.07, 6.45) is 0. The number of aromatic nitrogens is 2. The lowest BCUT2D eigenvalue weighted by molar-refractivity contribution is 1.18. The molecular formula is C17H11BrN4. The third-order valence-electron chi connectivity index (χ3n) is 3.19. The summed E-state index contributed by atoms with van der Waals surface area (Å²) in [6, 6.07) is 19.4. The van der Waals surface area contributed by atoms with Gasteiger partial charge in [0.25, 0.3) is 0 Å². The number of anilines is 1. The quantitative estimate of drug-likeness (QED) is 0.756. The van der Waals surface area contributed by atoms with Crippen molar-refractivity contribution in [2.75, 3.05) is 5.73 Å². The van der Waals surface area contributed by atoms with Crippen molar-refractivity contribution in [1.82, 2.24) is 9.97 Å². The molecule has 0 saturated heterocycles. The van der Waals surface area contributed by atoms with Crippen LogP contribution in [-0.4, -0.2) is 9.97 Å². The van der Waals surface area contributed by atoms with Crippen LogP contribution in [0, 0.1) is 11.3 Å². The first-order chi connectivity index (χ1) is 10.7. The Morgan fingerprint density at radius 2 is 1.45 bits per heavy atom. The van der Waals surface area contributed by atoms with Crippen molar-refractivity contribution >= 4 is 21.7 Å². The topological polar surface area (TPSA) is 75.6 Å². The number of nitrogens with two attached hydrogens (primary N) is 1. The van der Waals surface area contributed by atoms with Crippen molar-refractivity contribution in [2.24, 2.45) is 0 Å². The number of nitriles is 1. The van der Waals surface area contributed by atoms with E-state index in [0.717, 1.165) is 15.6 Å². The minimum absolute atomic E-state index is 0.137. The van der Waals surface area contributed by atoms with Gasteiger partial charge in [0.05, 0.1) is 11.4 Å². The van der Waals surface area contributed by atoms with Crippen molar-refractivity contribution in [2.45, 2.75) is 0 Å². The van der Waals surface area contributed by atoms with E-state index in [-0.39, 0.29) is 11.5 Å². The Morgan fingerprint density at radius 1 is 0.864 bits per heavy atom. The number of hydrogen-bond acceptors (Lipinski definition) is 4. The number of nitrogens with zero attached hydrogens (tertiary/aromatic N) is 3. The Bertz CT molecular complexity index is 852. The summed E-state index contributed by atoms with van der Waals surface area (Å²) in [5.41, 5.74) is 9.07. The Morgan fingerprint density at radius 3 is 2.09 bits per heavy atom. The molecule has 2 aromatic carbocycles. The first kappa shape index (κ1) is 14.2. The van der Waals surface area contributed by atoms with E-state index in [1.54, 1.807) is 0 Å². The van der Waals surface area contributed by atoms with Crippen LogP contribution in [-0.2, 0) is 0 Å². The lowest BCUT2D eigenvalue weighted by atomic mass is 10.0. The third kappa shape index (κ3) is 2.69. The summed E-state index contributed by atoms with van der Waals surface area (Å²) in [7, 11) is 0. The van der Waals surface area contributed by atoms with Gasteiger partial charge in [-0.3, -0.25) is 0 Å². The molecule has 0 bridgehead atoms. The first-order valence-electron chi connectivity index (χ1n) is 6.58. The highest BCUT2D eigenvalue weighted by molar-refractivity contribution is 9.10. The van der Waals surface area contributed by atoms with Crippen LogP contribution in [0.4, 0.5) is 5.82 Å². The highest BCUT2D eigenvalue weighted by Crippen LogP contribution is 2.31. The van der Waals surface area contributed by atoms with Gasteiger partial charge in [-0.05, 0) is 12.1 Å². The zero-order valence-electron chi connectivity index (χ0n) is 11.5. The molecule has 0 atom stereocenters. The molecule has 0 spiro atoms. The molecule has 0 amide bonds. The molecule has 3 rings (SSSR count). The minimum Gasteiger partial charge on any atom is -0.381 e. The zero-order valence-corrected chi connectivity index (χ0v) is 13.1. The second-order valence-electron chi connectivity index (χ2n) is 4.64. The highest BCUT2D eigenvalue weighted by atomic mass is 79.9.